The molecule has 0 amide bonds. The van der Waals surface area contributed by atoms with Crippen molar-refractivity contribution in [2.45, 2.75) is 6.92 Å². The standard InChI is InChI=1S/C15H15N5/c1-2-16-14-9-15(19-10-18-14)20-13-7-3-6-12-11(13)5-4-8-17-12/h3-10H,2H2,1H3,(H2,16,18,19,20). The van der Waals surface area contributed by atoms with Crippen LogP contribution in [0.2, 0.25) is 0 Å². The predicted octanol–water partition coefficient (Wildman–Crippen LogP) is 3.20. The highest BCUT2D eigenvalue weighted by Crippen LogP contribution is 2.24. The molecule has 2 heterocycles. The number of anilines is 3. The van der Waals surface area contributed by atoms with E-state index in [4.69, 9.17) is 0 Å². The normalized spacial score (nSPS) is 10.4. The van der Waals surface area contributed by atoms with Gasteiger partial charge in [-0.05, 0) is 31.2 Å². The van der Waals surface area contributed by atoms with Crippen LogP contribution in [-0.4, -0.2) is 21.5 Å². The highest BCUT2D eigenvalue weighted by molar-refractivity contribution is 5.92. The van der Waals surface area contributed by atoms with Gasteiger partial charge < -0.3 is 10.6 Å². The number of rotatable bonds is 4. The van der Waals surface area contributed by atoms with Crippen molar-refractivity contribution in [2.75, 3.05) is 17.2 Å². The van der Waals surface area contributed by atoms with Gasteiger partial charge in [0.25, 0.3) is 0 Å². The molecule has 0 unspecified atom stereocenters. The number of benzene rings is 1. The van der Waals surface area contributed by atoms with E-state index in [9.17, 15) is 0 Å². The first kappa shape index (κ1) is 12.3. The maximum Gasteiger partial charge on any atom is 0.135 e. The first-order valence-corrected chi connectivity index (χ1v) is 6.53. The van der Waals surface area contributed by atoms with Crippen LogP contribution in [0.4, 0.5) is 17.3 Å². The molecule has 0 atom stereocenters. The van der Waals surface area contributed by atoms with E-state index in [0.717, 1.165) is 34.8 Å². The fourth-order valence-corrected chi connectivity index (χ4v) is 2.05. The zero-order valence-electron chi connectivity index (χ0n) is 11.2. The van der Waals surface area contributed by atoms with Gasteiger partial charge >= 0.3 is 0 Å². The van der Waals surface area contributed by atoms with Gasteiger partial charge in [0, 0.05) is 29.9 Å². The summed E-state index contributed by atoms with van der Waals surface area (Å²) in [5.74, 6) is 1.57. The van der Waals surface area contributed by atoms with Crippen molar-refractivity contribution in [3.05, 3.63) is 48.9 Å². The average molecular weight is 265 g/mol. The molecule has 0 spiro atoms. The van der Waals surface area contributed by atoms with Gasteiger partial charge in [-0.2, -0.15) is 0 Å². The molecule has 0 aliphatic rings. The molecule has 100 valence electrons. The topological polar surface area (TPSA) is 62.7 Å². The molecule has 0 fully saturated rings. The molecule has 1 aromatic carbocycles. The van der Waals surface area contributed by atoms with Gasteiger partial charge in [-0.15, -0.1) is 0 Å². The number of fused-ring (bicyclic) bond motifs is 1. The highest BCUT2D eigenvalue weighted by atomic mass is 15.1. The summed E-state index contributed by atoms with van der Waals surface area (Å²) in [6.45, 7) is 2.86. The quantitative estimate of drug-likeness (QED) is 0.758. The molecule has 2 N–H and O–H groups in total. The van der Waals surface area contributed by atoms with Crippen LogP contribution in [0, 0.1) is 0 Å². The summed E-state index contributed by atoms with van der Waals surface area (Å²) in [6, 6.07) is 11.8. The molecule has 5 nitrogen and oxygen atoms in total. The number of pyridine rings is 1. The van der Waals surface area contributed by atoms with Crippen molar-refractivity contribution < 1.29 is 0 Å². The Kier molecular flexibility index (Phi) is 3.41. The SMILES string of the molecule is CCNc1cc(Nc2cccc3ncccc23)ncn1. The second kappa shape index (κ2) is 5.52. The van der Waals surface area contributed by atoms with Crippen molar-refractivity contribution in [1.29, 1.82) is 0 Å². The minimum Gasteiger partial charge on any atom is -0.370 e. The zero-order valence-corrected chi connectivity index (χ0v) is 11.2. The van der Waals surface area contributed by atoms with Crippen molar-refractivity contribution in [3.8, 4) is 0 Å². The number of hydrogen-bond donors (Lipinski definition) is 2. The van der Waals surface area contributed by atoms with Crippen LogP contribution in [0.1, 0.15) is 6.92 Å². The molecule has 5 heteroatoms. The first-order chi connectivity index (χ1) is 9.86. The van der Waals surface area contributed by atoms with E-state index >= 15 is 0 Å². The Balaban J connectivity index is 1.95. The number of nitrogens with one attached hydrogen (secondary N) is 2. The largest absolute Gasteiger partial charge is 0.370 e. The summed E-state index contributed by atoms with van der Waals surface area (Å²) in [5.41, 5.74) is 1.94. The Morgan fingerprint density at radius 1 is 1.00 bits per heavy atom. The molecular formula is C15H15N5. The van der Waals surface area contributed by atoms with Crippen LogP contribution in [0.25, 0.3) is 10.9 Å². The van der Waals surface area contributed by atoms with E-state index in [-0.39, 0.29) is 0 Å². The monoisotopic (exact) mass is 265 g/mol. The van der Waals surface area contributed by atoms with Crippen molar-refractivity contribution in [3.63, 3.8) is 0 Å². The molecule has 2 aromatic heterocycles. The van der Waals surface area contributed by atoms with Gasteiger partial charge in [-0.25, -0.2) is 9.97 Å². The summed E-state index contributed by atoms with van der Waals surface area (Å²) in [4.78, 5) is 12.7. The van der Waals surface area contributed by atoms with Crippen molar-refractivity contribution >= 4 is 28.2 Å². The van der Waals surface area contributed by atoms with Gasteiger partial charge in [-0.1, -0.05) is 6.07 Å². The first-order valence-electron chi connectivity index (χ1n) is 6.53. The van der Waals surface area contributed by atoms with Crippen LogP contribution in [-0.2, 0) is 0 Å². The Labute approximate surface area is 117 Å². The van der Waals surface area contributed by atoms with E-state index < -0.39 is 0 Å². The lowest BCUT2D eigenvalue weighted by Gasteiger charge is -2.09. The number of hydrogen-bond acceptors (Lipinski definition) is 5. The van der Waals surface area contributed by atoms with Gasteiger partial charge in [0.1, 0.15) is 18.0 Å². The third-order valence-electron chi connectivity index (χ3n) is 2.93. The second-order valence-electron chi connectivity index (χ2n) is 4.32. The van der Waals surface area contributed by atoms with E-state index in [0.29, 0.717) is 0 Å². The minimum atomic E-state index is 0.757. The third kappa shape index (κ3) is 2.51. The van der Waals surface area contributed by atoms with Crippen LogP contribution in [0.3, 0.4) is 0 Å². The Hall–Kier alpha value is -2.69. The fourth-order valence-electron chi connectivity index (χ4n) is 2.05. The molecular weight excluding hydrogens is 250 g/mol. The molecule has 20 heavy (non-hydrogen) atoms. The summed E-state index contributed by atoms with van der Waals surface area (Å²) >= 11 is 0. The Morgan fingerprint density at radius 2 is 1.90 bits per heavy atom. The molecule has 0 aliphatic carbocycles. The van der Waals surface area contributed by atoms with Crippen LogP contribution in [0.15, 0.2) is 48.9 Å². The minimum absolute atomic E-state index is 0.757. The van der Waals surface area contributed by atoms with E-state index in [1.807, 2.05) is 43.3 Å². The smallest absolute Gasteiger partial charge is 0.135 e. The van der Waals surface area contributed by atoms with Crippen LogP contribution >= 0.6 is 0 Å². The lowest BCUT2D eigenvalue weighted by atomic mass is 10.2. The maximum absolute atomic E-state index is 4.35. The van der Waals surface area contributed by atoms with E-state index in [1.165, 1.54) is 0 Å². The van der Waals surface area contributed by atoms with Gasteiger partial charge in [0.2, 0.25) is 0 Å². The average Bonchev–Trinajstić information content (AvgIpc) is 2.48. The van der Waals surface area contributed by atoms with Crippen LogP contribution < -0.4 is 10.6 Å². The predicted molar refractivity (Wildman–Crippen MR) is 81.2 cm³/mol. The van der Waals surface area contributed by atoms with Crippen LogP contribution in [0.5, 0.6) is 0 Å². The summed E-state index contributed by atoms with van der Waals surface area (Å²) < 4.78 is 0. The number of nitrogens with zero attached hydrogens (tertiary/aromatic N) is 3. The number of aromatic nitrogens is 3. The summed E-state index contributed by atoms with van der Waals surface area (Å²) in [7, 11) is 0. The summed E-state index contributed by atoms with van der Waals surface area (Å²) in [6.07, 6.45) is 3.34. The molecule has 0 bridgehead atoms. The Morgan fingerprint density at radius 3 is 2.80 bits per heavy atom. The van der Waals surface area contributed by atoms with E-state index in [1.54, 1.807) is 12.5 Å². The maximum atomic E-state index is 4.35. The fraction of sp³-hybridized carbons (Fsp3) is 0.133. The zero-order chi connectivity index (χ0) is 13.8. The van der Waals surface area contributed by atoms with Crippen molar-refractivity contribution in [1.82, 2.24) is 15.0 Å². The molecule has 0 aliphatic heterocycles. The van der Waals surface area contributed by atoms with Gasteiger partial charge in [0.15, 0.2) is 0 Å². The van der Waals surface area contributed by atoms with Gasteiger partial charge in [0.05, 0.1) is 5.52 Å². The lowest BCUT2D eigenvalue weighted by Crippen LogP contribution is -2.01. The summed E-state index contributed by atoms with van der Waals surface area (Å²) in [5, 5.41) is 7.55. The molecule has 0 saturated carbocycles. The Bertz CT molecular complexity index is 721. The second-order valence-corrected chi connectivity index (χ2v) is 4.32. The van der Waals surface area contributed by atoms with Gasteiger partial charge in [-0.3, -0.25) is 4.98 Å². The molecule has 0 saturated heterocycles. The third-order valence-corrected chi connectivity index (χ3v) is 2.93. The molecule has 3 rings (SSSR count). The molecule has 0 radical (unpaired) electrons. The highest BCUT2D eigenvalue weighted by Gasteiger charge is 2.03. The molecule has 3 aromatic rings. The lowest BCUT2D eigenvalue weighted by molar-refractivity contribution is 1.11. The van der Waals surface area contributed by atoms with E-state index in [2.05, 4.69) is 25.6 Å². The van der Waals surface area contributed by atoms with Crippen molar-refractivity contribution in [2.24, 2.45) is 0 Å².